The highest BCUT2D eigenvalue weighted by molar-refractivity contribution is 6.56. The van der Waals surface area contributed by atoms with Crippen LogP contribution in [0.3, 0.4) is 0 Å². The number of rotatable bonds is 2. The lowest BCUT2D eigenvalue weighted by Crippen LogP contribution is -1.94. The predicted octanol–water partition coefficient (Wildman–Crippen LogP) is 6.33. The van der Waals surface area contributed by atoms with Gasteiger partial charge in [-0.1, -0.05) is 64.1 Å². The van der Waals surface area contributed by atoms with Gasteiger partial charge in [-0.15, -0.1) is 0 Å². The highest BCUT2D eigenvalue weighted by Gasteiger charge is 2.25. The maximum Gasteiger partial charge on any atom is 0.285 e. The number of para-hydroxylation sites is 1. The number of hydrogen-bond donors (Lipinski definition) is 0. The van der Waals surface area contributed by atoms with Crippen LogP contribution >= 0.6 is 58.0 Å². The molecule has 0 aromatic heterocycles. The number of nitro benzene ring substituents is 1. The average molecular weight is 370 g/mol. The molecular formula is C12H3Cl5NO2. The van der Waals surface area contributed by atoms with Crippen LogP contribution in [0, 0.1) is 16.2 Å². The van der Waals surface area contributed by atoms with Crippen molar-refractivity contribution in [3.8, 4) is 11.1 Å². The van der Waals surface area contributed by atoms with Crippen LogP contribution in [-0.2, 0) is 0 Å². The van der Waals surface area contributed by atoms with Gasteiger partial charge in [-0.2, -0.15) is 0 Å². The molecule has 0 spiro atoms. The van der Waals surface area contributed by atoms with Crippen molar-refractivity contribution >= 4 is 63.7 Å². The third kappa shape index (κ3) is 2.57. The zero-order valence-electron chi connectivity index (χ0n) is 9.39. The molecule has 0 aliphatic carbocycles. The van der Waals surface area contributed by atoms with E-state index in [9.17, 15) is 10.1 Å². The molecule has 0 fully saturated rings. The Morgan fingerprint density at radius 1 is 0.950 bits per heavy atom. The first-order chi connectivity index (χ1) is 9.36. The molecule has 0 N–H and O–H groups in total. The van der Waals surface area contributed by atoms with E-state index >= 15 is 0 Å². The fourth-order valence-corrected chi connectivity index (χ4v) is 2.96. The number of nitrogens with zero attached hydrogens (tertiary/aromatic N) is 1. The Labute approximate surface area is 139 Å². The minimum atomic E-state index is -0.599. The molecule has 0 unspecified atom stereocenters. The summed E-state index contributed by atoms with van der Waals surface area (Å²) >= 11 is 30.0. The van der Waals surface area contributed by atoms with Crippen molar-refractivity contribution in [2.75, 3.05) is 0 Å². The third-order valence-electron chi connectivity index (χ3n) is 2.50. The first-order valence-corrected chi connectivity index (χ1v) is 6.92. The van der Waals surface area contributed by atoms with E-state index in [-0.39, 0.29) is 41.9 Å². The first-order valence-electron chi connectivity index (χ1n) is 5.03. The summed E-state index contributed by atoms with van der Waals surface area (Å²) < 4.78 is 0. The van der Waals surface area contributed by atoms with E-state index in [1.807, 2.05) is 0 Å². The van der Waals surface area contributed by atoms with Crippen molar-refractivity contribution in [3.63, 3.8) is 0 Å². The molecule has 2 rings (SSSR count). The van der Waals surface area contributed by atoms with Gasteiger partial charge < -0.3 is 0 Å². The van der Waals surface area contributed by atoms with Crippen LogP contribution in [0.2, 0.25) is 25.1 Å². The van der Waals surface area contributed by atoms with Gasteiger partial charge in [0.15, 0.2) is 0 Å². The molecule has 3 nitrogen and oxygen atoms in total. The lowest BCUT2D eigenvalue weighted by Gasteiger charge is -2.12. The van der Waals surface area contributed by atoms with Crippen LogP contribution in [0.1, 0.15) is 0 Å². The highest BCUT2D eigenvalue weighted by Crippen LogP contribution is 2.49. The van der Waals surface area contributed by atoms with Gasteiger partial charge in [0.25, 0.3) is 5.69 Å². The lowest BCUT2D eigenvalue weighted by atomic mass is 10.0. The number of hydrogen-bond acceptors (Lipinski definition) is 2. The summed E-state index contributed by atoms with van der Waals surface area (Å²) in [6, 6.07) is 6.95. The van der Waals surface area contributed by atoms with Crippen molar-refractivity contribution in [1.29, 1.82) is 0 Å². The molecule has 0 bridgehead atoms. The van der Waals surface area contributed by atoms with Gasteiger partial charge >= 0.3 is 0 Å². The van der Waals surface area contributed by atoms with Crippen LogP contribution < -0.4 is 0 Å². The summed E-state index contributed by atoms with van der Waals surface area (Å²) in [5.41, 5.74) is 0.0232. The van der Waals surface area contributed by atoms with Crippen molar-refractivity contribution in [2.45, 2.75) is 0 Å². The Morgan fingerprint density at radius 3 is 1.95 bits per heavy atom. The molecule has 0 heterocycles. The summed E-state index contributed by atoms with van der Waals surface area (Å²) in [5, 5.41) is 11.0. The second-order valence-corrected chi connectivity index (χ2v) is 5.52. The van der Waals surface area contributed by atoms with Crippen LogP contribution in [0.5, 0.6) is 0 Å². The minimum absolute atomic E-state index is 0.00496. The molecule has 2 aromatic carbocycles. The largest absolute Gasteiger partial charge is 0.285 e. The summed E-state index contributed by atoms with van der Waals surface area (Å²) in [7, 11) is 0. The molecule has 1 radical (unpaired) electrons. The standard InChI is InChI=1S/C12H3Cl5NO2/c13-8-7(9(14)11(16)12(17)10(8)15)5-3-1-2-4-6(5)18(19)20/h1-3H. The molecule has 103 valence electrons. The van der Waals surface area contributed by atoms with E-state index in [1.54, 1.807) is 6.07 Å². The predicted molar refractivity (Wildman–Crippen MR) is 82.4 cm³/mol. The van der Waals surface area contributed by atoms with Crippen molar-refractivity contribution in [1.82, 2.24) is 0 Å². The number of benzene rings is 2. The van der Waals surface area contributed by atoms with Crippen LogP contribution in [0.15, 0.2) is 18.2 Å². The van der Waals surface area contributed by atoms with Gasteiger partial charge in [-0.25, -0.2) is 0 Å². The first kappa shape index (κ1) is 15.7. The van der Waals surface area contributed by atoms with Crippen molar-refractivity contribution in [3.05, 3.63) is 59.5 Å². The van der Waals surface area contributed by atoms with Crippen LogP contribution in [-0.4, -0.2) is 4.92 Å². The zero-order chi connectivity index (χ0) is 15.0. The summed E-state index contributed by atoms with van der Waals surface area (Å²) in [6.07, 6.45) is 0. The smallest absolute Gasteiger partial charge is 0.258 e. The molecule has 0 atom stereocenters. The van der Waals surface area contributed by atoms with Crippen LogP contribution in [0.4, 0.5) is 5.69 Å². The SMILES string of the molecule is O=[N+]([O-])c1[c]cccc1-c1c(Cl)c(Cl)c(Cl)c(Cl)c1Cl. The maximum atomic E-state index is 11.1. The number of nitro groups is 1. The Hall–Kier alpha value is -0.710. The van der Waals surface area contributed by atoms with Gasteiger partial charge in [0.2, 0.25) is 0 Å². The van der Waals surface area contributed by atoms with E-state index < -0.39 is 4.92 Å². The number of halogens is 5. The molecule has 0 saturated heterocycles. The molecule has 0 aliphatic heterocycles. The quantitative estimate of drug-likeness (QED) is 0.268. The Balaban J connectivity index is 2.88. The summed E-state index contributed by atoms with van der Waals surface area (Å²) in [5.74, 6) is 0. The van der Waals surface area contributed by atoms with E-state index in [0.717, 1.165) is 0 Å². The highest BCUT2D eigenvalue weighted by atomic mass is 35.5. The van der Waals surface area contributed by atoms with Gasteiger partial charge in [-0.3, -0.25) is 10.1 Å². The average Bonchev–Trinajstić information content (AvgIpc) is 2.43. The van der Waals surface area contributed by atoms with Gasteiger partial charge in [-0.05, 0) is 12.1 Å². The molecule has 2 aromatic rings. The van der Waals surface area contributed by atoms with Crippen LogP contribution in [0.25, 0.3) is 11.1 Å². The van der Waals surface area contributed by atoms with Crippen molar-refractivity contribution in [2.24, 2.45) is 0 Å². The fraction of sp³-hybridized carbons (Fsp3) is 0. The molecule has 20 heavy (non-hydrogen) atoms. The normalized spacial score (nSPS) is 10.7. The monoisotopic (exact) mass is 368 g/mol. The van der Waals surface area contributed by atoms with Crippen molar-refractivity contribution < 1.29 is 4.92 Å². The lowest BCUT2D eigenvalue weighted by molar-refractivity contribution is -0.384. The summed E-state index contributed by atoms with van der Waals surface area (Å²) in [6.45, 7) is 0. The topological polar surface area (TPSA) is 43.1 Å². The van der Waals surface area contributed by atoms with Gasteiger partial charge in [0, 0.05) is 5.56 Å². The van der Waals surface area contributed by atoms with Gasteiger partial charge in [0.05, 0.1) is 41.7 Å². The fourth-order valence-electron chi connectivity index (χ4n) is 1.62. The van der Waals surface area contributed by atoms with E-state index in [4.69, 9.17) is 58.0 Å². The Bertz CT molecular complexity index is 688. The third-order valence-corrected chi connectivity index (χ3v) is 4.77. The molecular weight excluding hydrogens is 367 g/mol. The summed E-state index contributed by atoms with van der Waals surface area (Å²) in [4.78, 5) is 10.5. The Morgan fingerprint density at radius 2 is 1.45 bits per heavy atom. The molecule has 0 amide bonds. The second-order valence-electron chi connectivity index (χ2n) is 3.63. The maximum absolute atomic E-state index is 11.1. The van der Waals surface area contributed by atoms with E-state index in [2.05, 4.69) is 6.07 Å². The molecule has 8 heteroatoms. The second kappa shape index (κ2) is 5.96. The van der Waals surface area contributed by atoms with Gasteiger partial charge in [0.1, 0.15) is 0 Å². The zero-order valence-corrected chi connectivity index (χ0v) is 13.2. The van der Waals surface area contributed by atoms with E-state index in [0.29, 0.717) is 0 Å². The minimum Gasteiger partial charge on any atom is -0.258 e. The van der Waals surface area contributed by atoms with E-state index in [1.165, 1.54) is 12.1 Å². The Kier molecular flexibility index (Phi) is 4.67. The molecule has 0 saturated carbocycles. The molecule has 0 aliphatic rings.